The van der Waals surface area contributed by atoms with Crippen LogP contribution in [0.5, 0.6) is 5.75 Å². The van der Waals surface area contributed by atoms with Gasteiger partial charge in [-0.2, -0.15) is 10.1 Å². The second-order valence-corrected chi connectivity index (χ2v) is 5.60. The van der Waals surface area contributed by atoms with Crippen LogP contribution in [0.3, 0.4) is 0 Å². The Morgan fingerprint density at radius 2 is 2.12 bits per heavy atom. The zero-order valence-corrected chi connectivity index (χ0v) is 14.9. The van der Waals surface area contributed by atoms with E-state index in [1.807, 2.05) is 37.4 Å². The van der Waals surface area contributed by atoms with Crippen LogP contribution in [0.15, 0.2) is 36.7 Å². The number of rotatable bonds is 6. The number of amides is 2. The summed E-state index contributed by atoms with van der Waals surface area (Å²) in [5, 5.41) is 13.9. The molecule has 0 saturated heterocycles. The molecule has 2 aromatic heterocycles. The predicted octanol–water partition coefficient (Wildman–Crippen LogP) is 1.89. The Hall–Kier alpha value is -3.36. The molecule has 136 valence electrons. The van der Waals surface area contributed by atoms with Crippen LogP contribution in [0.25, 0.3) is 5.69 Å². The van der Waals surface area contributed by atoms with Crippen molar-refractivity contribution in [2.45, 2.75) is 19.9 Å². The number of carbonyl (C=O) groups is 1. The summed E-state index contributed by atoms with van der Waals surface area (Å²) in [4.78, 5) is 16.2. The molecule has 0 radical (unpaired) electrons. The van der Waals surface area contributed by atoms with E-state index in [1.54, 1.807) is 29.7 Å². The van der Waals surface area contributed by atoms with E-state index in [0.717, 1.165) is 29.2 Å². The van der Waals surface area contributed by atoms with Crippen molar-refractivity contribution >= 4 is 12.0 Å². The lowest BCUT2D eigenvalue weighted by Gasteiger charge is -2.07. The molecule has 0 spiro atoms. The highest BCUT2D eigenvalue weighted by Gasteiger charge is 2.10. The van der Waals surface area contributed by atoms with Gasteiger partial charge in [-0.1, -0.05) is 19.1 Å². The van der Waals surface area contributed by atoms with Gasteiger partial charge in [-0.15, -0.1) is 5.10 Å². The normalized spacial score (nSPS) is 10.6. The summed E-state index contributed by atoms with van der Waals surface area (Å²) in [6.07, 6.45) is 4.28. The van der Waals surface area contributed by atoms with Gasteiger partial charge in [0.05, 0.1) is 13.3 Å². The van der Waals surface area contributed by atoms with Crippen LogP contribution in [0, 0.1) is 0 Å². The van der Waals surface area contributed by atoms with Crippen LogP contribution in [-0.4, -0.2) is 37.7 Å². The molecule has 9 nitrogen and oxygen atoms in total. The number of hydrogen-bond acceptors (Lipinski definition) is 5. The molecular weight excluding hydrogens is 334 g/mol. The molecule has 0 saturated carbocycles. The Bertz CT molecular complexity index is 900. The number of hydrogen-bond donors (Lipinski definition) is 2. The first kappa shape index (κ1) is 17.5. The predicted molar refractivity (Wildman–Crippen MR) is 96.4 cm³/mol. The molecule has 3 aromatic rings. The summed E-state index contributed by atoms with van der Waals surface area (Å²) in [5.74, 6) is 1.81. The average Bonchev–Trinajstić information content (AvgIpc) is 3.26. The molecule has 1 aromatic carbocycles. The Balaban J connectivity index is 1.60. The van der Waals surface area contributed by atoms with Crippen molar-refractivity contribution in [3.63, 3.8) is 0 Å². The molecule has 0 unspecified atom stereocenters. The van der Waals surface area contributed by atoms with E-state index in [2.05, 4.69) is 25.8 Å². The highest BCUT2D eigenvalue weighted by atomic mass is 16.5. The zero-order valence-electron chi connectivity index (χ0n) is 14.9. The van der Waals surface area contributed by atoms with Gasteiger partial charge in [-0.05, 0) is 12.1 Å². The standard InChI is InChI=1S/C17H21N7O2/c1-4-15-20-16(22-23(15)2)21-17(25)18-9-12-10-19-24(11-12)13-7-5-6-8-14(13)26-3/h5-8,10-11H,4,9H2,1-3H3,(H2,18,21,22,25). The zero-order chi connectivity index (χ0) is 18.5. The van der Waals surface area contributed by atoms with Gasteiger partial charge in [0.15, 0.2) is 0 Å². The van der Waals surface area contributed by atoms with E-state index in [4.69, 9.17) is 4.74 Å². The molecule has 0 aliphatic carbocycles. The van der Waals surface area contributed by atoms with E-state index >= 15 is 0 Å². The number of nitrogens with zero attached hydrogens (tertiary/aromatic N) is 5. The number of benzene rings is 1. The Kier molecular flexibility index (Phi) is 5.16. The first-order valence-corrected chi connectivity index (χ1v) is 8.22. The lowest BCUT2D eigenvalue weighted by atomic mass is 10.3. The number of urea groups is 1. The number of carbonyl (C=O) groups excluding carboxylic acids is 1. The molecule has 2 amide bonds. The molecule has 26 heavy (non-hydrogen) atoms. The number of methoxy groups -OCH3 is 1. The maximum atomic E-state index is 12.0. The summed E-state index contributed by atoms with van der Waals surface area (Å²) < 4.78 is 8.69. The van der Waals surface area contributed by atoms with E-state index in [0.29, 0.717) is 6.54 Å². The largest absolute Gasteiger partial charge is 0.494 e. The van der Waals surface area contributed by atoms with Crippen LogP contribution >= 0.6 is 0 Å². The highest BCUT2D eigenvalue weighted by molar-refractivity contribution is 5.87. The molecular formula is C17H21N7O2. The fourth-order valence-corrected chi connectivity index (χ4v) is 2.51. The maximum Gasteiger partial charge on any atom is 0.321 e. The summed E-state index contributed by atoms with van der Waals surface area (Å²) >= 11 is 0. The van der Waals surface area contributed by atoms with Crippen molar-refractivity contribution in [2.75, 3.05) is 12.4 Å². The second-order valence-electron chi connectivity index (χ2n) is 5.60. The van der Waals surface area contributed by atoms with Crippen molar-refractivity contribution < 1.29 is 9.53 Å². The number of para-hydroxylation sites is 2. The molecule has 2 heterocycles. The lowest BCUT2D eigenvalue weighted by molar-refractivity contribution is 0.251. The van der Waals surface area contributed by atoms with E-state index in [-0.39, 0.29) is 12.0 Å². The third-order valence-corrected chi connectivity index (χ3v) is 3.82. The topological polar surface area (TPSA) is 98.9 Å². The molecule has 0 fully saturated rings. The fourth-order valence-electron chi connectivity index (χ4n) is 2.51. The van der Waals surface area contributed by atoms with Gasteiger partial charge in [0.1, 0.15) is 17.3 Å². The number of anilines is 1. The summed E-state index contributed by atoms with van der Waals surface area (Å²) in [7, 11) is 3.41. The highest BCUT2D eigenvalue weighted by Crippen LogP contribution is 2.21. The maximum absolute atomic E-state index is 12.0. The van der Waals surface area contributed by atoms with Crippen LogP contribution < -0.4 is 15.4 Å². The minimum atomic E-state index is -0.372. The van der Waals surface area contributed by atoms with Crippen molar-refractivity contribution in [1.82, 2.24) is 29.9 Å². The molecule has 0 bridgehead atoms. The van der Waals surface area contributed by atoms with Crippen LogP contribution in [-0.2, 0) is 20.0 Å². The van der Waals surface area contributed by atoms with Crippen LogP contribution in [0.1, 0.15) is 18.3 Å². The Labute approximate surface area is 151 Å². The molecule has 0 aliphatic rings. The molecule has 0 aliphatic heterocycles. The molecule has 2 N–H and O–H groups in total. The second kappa shape index (κ2) is 7.68. The minimum Gasteiger partial charge on any atom is -0.494 e. The van der Waals surface area contributed by atoms with Gasteiger partial charge in [0.2, 0.25) is 5.95 Å². The molecule has 3 rings (SSSR count). The first-order chi connectivity index (χ1) is 12.6. The van der Waals surface area contributed by atoms with Crippen molar-refractivity contribution in [1.29, 1.82) is 0 Å². The average molecular weight is 355 g/mol. The molecule has 0 atom stereocenters. The van der Waals surface area contributed by atoms with Gasteiger partial charge in [0.25, 0.3) is 0 Å². The Morgan fingerprint density at radius 1 is 1.31 bits per heavy atom. The van der Waals surface area contributed by atoms with E-state index in [1.165, 1.54) is 0 Å². The third-order valence-electron chi connectivity index (χ3n) is 3.82. The van der Waals surface area contributed by atoms with E-state index < -0.39 is 0 Å². The summed E-state index contributed by atoms with van der Waals surface area (Å²) in [6, 6.07) is 7.22. The Morgan fingerprint density at radius 3 is 2.85 bits per heavy atom. The van der Waals surface area contributed by atoms with Crippen LogP contribution in [0.2, 0.25) is 0 Å². The monoisotopic (exact) mass is 355 g/mol. The number of aromatic nitrogens is 5. The first-order valence-electron chi connectivity index (χ1n) is 8.22. The quantitative estimate of drug-likeness (QED) is 0.703. The van der Waals surface area contributed by atoms with Gasteiger partial charge in [-0.25, -0.2) is 9.48 Å². The van der Waals surface area contributed by atoms with Crippen molar-refractivity contribution in [2.24, 2.45) is 7.05 Å². The number of aryl methyl sites for hydroxylation is 2. The van der Waals surface area contributed by atoms with Crippen molar-refractivity contribution in [3.05, 3.63) is 48.0 Å². The fraction of sp³-hybridized carbons (Fsp3) is 0.294. The van der Waals surface area contributed by atoms with Gasteiger partial charge in [0, 0.05) is 31.8 Å². The lowest BCUT2D eigenvalue weighted by Crippen LogP contribution is -2.28. The van der Waals surface area contributed by atoms with E-state index in [9.17, 15) is 4.79 Å². The number of nitrogens with one attached hydrogen (secondary N) is 2. The SMILES string of the molecule is CCc1nc(NC(=O)NCc2cnn(-c3ccccc3OC)c2)nn1C. The van der Waals surface area contributed by atoms with Gasteiger partial charge >= 0.3 is 6.03 Å². The van der Waals surface area contributed by atoms with Crippen molar-refractivity contribution in [3.8, 4) is 11.4 Å². The van der Waals surface area contributed by atoms with Gasteiger partial charge < -0.3 is 10.1 Å². The molecule has 9 heteroatoms. The summed E-state index contributed by atoms with van der Waals surface area (Å²) in [5.41, 5.74) is 1.68. The minimum absolute atomic E-state index is 0.284. The third kappa shape index (κ3) is 3.82. The number of ether oxygens (including phenoxy) is 1. The summed E-state index contributed by atoms with van der Waals surface area (Å²) in [6.45, 7) is 2.31. The smallest absolute Gasteiger partial charge is 0.321 e. The van der Waals surface area contributed by atoms with Gasteiger partial charge in [-0.3, -0.25) is 10.00 Å². The van der Waals surface area contributed by atoms with Crippen LogP contribution in [0.4, 0.5) is 10.7 Å².